The zero-order chi connectivity index (χ0) is 98.0. The van der Waals surface area contributed by atoms with Crippen LogP contribution in [-0.2, 0) is 19.2 Å². The molecule has 28 heteroatoms. The second-order valence-corrected chi connectivity index (χ2v) is 36.8. The van der Waals surface area contributed by atoms with E-state index in [1.165, 1.54) is 212 Å². The van der Waals surface area contributed by atoms with Crippen molar-refractivity contribution in [1.29, 1.82) is 0 Å². The normalized spacial score (nSPS) is 16.4. The highest BCUT2D eigenvalue weighted by Gasteiger charge is 2.47. The zero-order valence-electron chi connectivity index (χ0n) is 81.0. The largest absolute Gasteiger partial charge is 0.481 e. The van der Waals surface area contributed by atoms with Crippen molar-refractivity contribution in [2.45, 2.75) is 454 Å². The molecule has 0 aliphatic heterocycles. The minimum absolute atomic E-state index is 0.0288. The number of hydrogen-bond acceptors (Lipinski definition) is 24. The van der Waals surface area contributed by atoms with Crippen molar-refractivity contribution in [3.05, 3.63) is 48.6 Å². The van der Waals surface area contributed by atoms with Gasteiger partial charge in [-0.1, -0.05) is 256 Å². The number of aliphatic hydroxyl groups excluding tert-OH is 20. The van der Waals surface area contributed by atoms with E-state index in [4.69, 9.17) is 20.4 Å². The molecule has 24 N–H and O–H groups in total. The highest BCUT2D eigenvalue weighted by Crippen LogP contribution is 2.49. The molecule has 0 aromatic carbocycles. The van der Waals surface area contributed by atoms with Crippen molar-refractivity contribution in [3.63, 3.8) is 0 Å². The van der Waals surface area contributed by atoms with Gasteiger partial charge in [0.05, 0.1) is 133 Å². The van der Waals surface area contributed by atoms with Crippen LogP contribution in [0.3, 0.4) is 0 Å². The Kier molecular flexibility index (Phi) is 98.4. The van der Waals surface area contributed by atoms with Gasteiger partial charge in [-0.05, 0) is 214 Å². The second-order valence-electron chi connectivity index (χ2n) is 36.8. The highest BCUT2D eigenvalue weighted by molar-refractivity contribution is 5.70. The molecule has 19 unspecified atom stereocenters. The Hall–Kier alpha value is -3.96. The van der Waals surface area contributed by atoms with Gasteiger partial charge >= 0.3 is 23.9 Å². The average Bonchev–Trinajstić information content (AvgIpc) is 0.786. The first kappa shape index (κ1) is 132. The smallest absolute Gasteiger partial charge is 0.306 e. The summed E-state index contributed by atoms with van der Waals surface area (Å²) >= 11 is 0. The second kappa shape index (κ2) is 96.7. The van der Waals surface area contributed by atoms with Crippen LogP contribution in [0.25, 0.3) is 0 Å². The summed E-state index contributed by atoms with van der Waals surface area (Å²) in [4.78, 5) is 44.1. The topological polar surface area (TPSA) is 554 Å². The van der Waals surface area contributed by atoms with Crippen molar-refractivity contribution < 1.29 is 142 Å². The predicted molar refractivity (Wildman–Crippen MR) is 514 cm³/mol. The number of rotatable bonds is 91. The standard InChI is InChI=1S/C48H94O22.3C18H34O2/c49-19-32(59)7-5-3-1-2-4-6-29(10-33(60)20-50)30(11-34(61)21-51)8-9-31(12-35(62)22-52)42(13-36(63)23-53)43(14-37(64)24-54)44(15-38(65)25-55)45(16-39(66)26-56)46(17-40(67)27-57)47(48(69)70)18-41(68)28-58;3*1-2-3-4-5-6-7-8-9-10-11-12-13-14-15-16-17-18(19)20/h8-9,29-47,49-68H,1-7,10-28H2,(H,69,70);3*9-10H,2-8,11-17H2,1H3,(H,19,20). The van der Waals surface area contributed by atoms with Gasteiger partial charge in [-0.3, -0.25) is 19.2 Å². The molecule has 130 heavy (non-hydrogen) atoms. The van der Waals surface area contributed by atoms with E-state index in [-0.39, 0.29) is 25.9 Å². The summed E-state index contributed by atoms with van der Waals surface area (Å²) < 4.78 is 0. The Morgan fingerprint density at radius 3 is 0.723 bits per heavy atom. The number of unbranched alkanes of at least 4 members (excludes halogenated alkanes) is 37. The Balaban J connectivity index is -0.00000105. The molecule has 0 radical (unpaired) electrons. The van der Waals surface area contributed by atoms with Gasteiger partial charge in [-0.2, -0.15) is 0 Å². The number of carboxylic acids is 4. The van der Waals surface area contributed by atoms with E-state index < -0.39 is 236 Å². The molecule has 0 spiro atoms. The maximum Gasteiger partial charge on any atom is 0.306 e. The number of aliphatic hydroxyl groups is 20. The van der Waals surface area contributed by atoms with Gasteiger partial charge in [-0.15, -0.1) is 0 Å². The first-order valence-electron chi connectivity index (χ1n) is 51.0. The quantitative estimate of drug-likeness (QED) is 0.0199. The highest BCUT2D eigenvalue weighted by atomic mass is 16.4. The summed E-state index contributed by atoms with van der Waals surface area (Å²) in [7, 11) is 0. The lowest BCUT2D eigenvalue weighted by atomic mass is 9.59. The van der Waals surface area contributed by atoms with Crippen LogP contribution in [0, 0.1) is 53.3 Å². The molecular weight excluding hydrogens is 1670 g/mol. The average molecular weight is 1870 g/mol. The molecular formula is C102H196O28. The van der Waals surface area contributed by atoms with E-state index in [0.29, 0.717) is 51.4 Å². The van der Waals surface area contributed by atoms with Crippen molar-refractivity contribution in [1.82, 2.24) is 0 Å². The van der Waals surface area contributed by atoms with E-state index in [0.717, 1.165) is 51.4 Å². The van der Waals surface area contributed by atoms with Crippen LogP contribution in [0.15, 0.2) is 48.6 Å². The first-order valence-corrected chi connectivity index (χ1v) is 51.0. The molecule has 0 amide bonds. The van der Waals surface area contributed by atoms with E-state index in [2.05, 4.69) is 57.2 Å². The fraction of sp³-hybridized carbons (Fsp3) is 0.882. The minimum Gasteiger partial charge on any atom is -0.481 e. The number of carboxylic acid groups (broad SMARTS) is 4. The van der Waals surface area contributed by atoms with Gasteiger partial charge in [0.25, 0.3) is 0 Å². The molecule has 0 aromatic heterocycles. The summed E-state index contributed by atoms with van der Waals surface area (Å²) in [5.41, 5.74) is 0. The lowest BCUT2D eigenvalue weighted by molar-refractivity contribution is -0.149. The molecule has 0 rings (SSSR count). The molecule has 0 saturated carbocycles. The third kappa shape index (κ3) is 83.4. The van der Waals surface area contributed by atoms with Crippen molar-refractivity contribution in [2.75, 3.05) is 66.1 Å². The third-order valence-corrected chi connectivity index (χ3v) is 24.9. The molecule has 0 fully saturated rings. The van der Waals surface area contributed by atoms with Crippen LogP contribution >= 0.6 is 0 Å². The van der Waals surface area contributed by atoms with Crippen LogP contribution in [0.2, 0.25) is 0 Å². The Morgan fingerprint density at radius 2 is 0.431 bits per heavy atom. The van der Waals surface area contributed by atoms with Gasteiger partial charge in [-0.25, -0.2) is 0 Å². The third-order valence-electron chi connectivity index (χ3n) is 24.9. The summed E-state index contributed by atoms with van der Waals surface area (Å²) in [5, 5.41) is 245. The molecule has 0 aliphatic rings. The van der Waals surface area contributed by atoms with Crippen LogP contribution in [0.5, 0.6) is 0 Å². The van der Waals surface area contributed by atoms with Crippen molar-refractivity contribution >= 4 is 23.9 Å². The SMILES string of the molecule is CCCCCCCCC=CCCCCCCCC(=O)O.CCCCCCCCC=CCCCCCCCC(=O)O.CCCCCCCCC=CCCCCCCCC(=O)O.O=C(O)C(CC(O)CO)C(CC(O)CO)C(CC(O)CO)C(CC(O)CO)C(CC(O)CO)C(CC(O)CO)C(C=CC(CC(O)CO)C(CCCCCCCC(O)CO)CC(O)CO)CC(O)CO. The van der Waals surface area contributed by atoms with E-state index in [9.17, 15) is 121 Å². The van der Waals surface area contributed by atoms with E-state index in [1.807, 2.05) is 0 Å². The first-order chi connectivity index (χ1) is 62.5. The van der Waals surface area contributed by atoms with Crippen molar-refractivity contribution in [2.24, 2.45) is 53.3 Å². The maximum absolute atomic E-state index is 13.1. The van der Waals surface area contributed by atoms with Crippen LogP contribution in [0.4, 0.5) is 0 Å². The van der Waals surface area contributed by atoms with E-state index in [1.54, 1.807) is 12.2 Å². The summed E-state index contributed by atoms with van der Waals surface area (Å²) in [5.74, 6) is -13.7. The lowest BCUT2D eigenvalue weighted by Gasteiger charge is -2.47. The molecule has 0 aliphatic carbocycles. The zero-order valence-corrected chi connectivity index (χ0v) is 81.0. The fourth-order valence-corrected chi connectivity index (χ4v) is 17.3. The van der Waals surface area contributed by atoms with Gasteiger partial charge in [0, 0.05) is 19.3 Å². The number of carbonyl (C=O) groups is 4. The molecule has 19 atom stereocenters. The van der Waals surface area contributed by atoms with E-state index >= 15 is 0 Å². The summed E-state index contributed by atoms with van der Waals surface area (Å²) in [6.45, 7) is -0.929. The Morgan fingerprint density at radius 1 is 0.215 bits per heavy atom. The van der Waals surface area contributed by atoms with Crippen LogP contribution in [0.1, 0.15) is 393 Å². The molecule has 0 bridgehead atoms. The van der Waals surface area contributed by atoms with Crippen LogP contribution in [-0.4, -0.2) is 274 Å². The van der Waals surface area contributed by atoms with Crippen LogP contribution < -0.4 is 0 Å². The molecule has 28 nitrogen and oxygen atoms in total. The number of allylic oxidation sites excluding steroid dienone is 8. The molecule has 0 aromatic rings. The van der Waals surface area contributed by atoms with Gasteiger partial charge < -0.3 is 123 Å². The molecule has 0 saturated heterocycles. The fourth-order valence-electron chi connectivity index (χ4n) is 17.3. The molecule has 772 valence electrons. The minimum atomic E-state index is -1.67. The van der Waals surface area contributed by atoms with Gasteiger partial charge in [0.15, 0.2) is 0 Å². The summed E-state index contributed by atoms with van der Waals surface area (Å²) in [6, 6.07) is 0. The predicted octanol–water partition coefficient (Wildman–Crippen LogP) is 14.3. The summed E-state index contributed by atoms with van der Waals surface area (Å²) in [6.07, 6.45) is 53.5. The number of aliphatic carboxylic acids is 4. The Labute approximate surface area is 784 Å². The maximum atomic E-state index is 13.1. The monoisotopic (exact) mass is 1870 g/mol. The lowest BCUT2D eigenvalue weighted by Crippen LogP contribution is -2.46. The Bertz CT molecular complexity index is 2450. The van der Waals surface area contributed by atoms with Gasteiger partial charge in [0.2, 0.25) is 0 Å². The molecule has 0 heterocycles. The van der Waals surface area contributed by atoms with Crippen molar-refractivity contribution in [3.8, 4) is 0 Å². The number of hydrogen-bond donors (Lipinski definition) is 24. The van der Waals surface area contributed by atoms with Gasteiger partial charge in [0.1, 0.15) is 0 Å².